The van der Waals surface area contributed by atoms with Gasteiger partial charge in [0.25, 0.3) is 0 Å². The summed E-state index contributed by atoms with van der Waals surface area (Å²) in [5.74, 6) is 0.365. The number of rotatable bonds is 3. The van der Waals surface area contributed by atoms with Crippen LogP contribution in [0.2, 0.25) is 0 Å². The third-order valence-corrected chi connectivity index (χ3v) is 3.69. The van der Waals surface area contributed by atoms with Crippen LogP contribution in [0.5, 0.6) is 0 Å². The molecule has 1 aliphatic rings. The summed E-state index contributed by atoms with van der Waals surface area (Å²) in [6.45, 7) is 2.33. The van der Waals surface area contributed by atoms with E-state index in [9.17, 15) is 5.11 Å². The number of nitrogen functional groups attached to an aromatic ring is 1. The molecule has 4 N–H and O–H groups in total. The fraction of sp³-hybridized carbons (Fsp3) is 0.571. The Bertz CT molecular complexity index is 378. The van der Waals surface area contributed by atoms with Crippen LogP contribution in [0.3, 0.4) is 0 Å². The second-order valence-corrected chi connectivity index (χ2v) is 5.07. The van der Waals surface area contributed by atoms with Gasteiger partial charge in [-0.25, -0.2) is 0 Å². The molecule has 3 heteroatoms. The Hall–Kier alpha value is -1.22. The second kappa shape index (κ2) is 5.41. The molecule has 1 aromatic carbocycles. The van der Waals surface area contributed by atoms with Crippen LogP contribution in [-0.4, -0.2) is 17.8 Å². The highest BCUT2D eigenvalue weighted by Crippen LogP contribution is 2.29. The molecule has 0 spiro atoms. The molecule has 0 saturated heterocycles. The minimum Gasteiger partial charge on any atom is -0.397 e. The smallest absolute Gasteiger partial charge is 0.0578 e. The monoisotopic (exact) mass is 234 g/mol. The van der Waals surface area contributed by atoms with Crippen LogP contribution < -0.4 is 11.1 Å². The lowest BCUT2D eigenvalue weighted by atomic mass is 9.85. The van der Waals surface area contributed by atoms with Crippen molar-refractivity contribution in [1.82, 2.24) is 0 Å². The van der Waals surface area contributed by atoms with E-state index in [0.717, 1.165) is 24.2 Å². The molecule has 3 nitrogen and oxygen atoms in total. The van der Waals surface area contributed by atoms with Crippen molar-refractivity contribution in [2.24, 2.45) is 5.92 Å². The molecule has 2 unspecified atom stereocenters. The summed E-state index contributed by atoms with van der Waals surface area (Å²) < 4.78 is 0. The van der Waals surface area contributed by atoms with Crippen LogP contribution >= 0.6 is 0 Å². The van der Waals surface area contributed by atoms with E-state index in [1.54, 1.807) is 0 Å². The maximum atomic E-state index is 9.39. The summed E-state index contributed by atoms with van der Waals surface area (Å²) in [5.41, 5.74) is 8.97. The summed E-state index contributed by atoms with van der Waals surface area (Å²) in [5, 5.41) is 12.9. The molecule has 94 valence electrons. The summed E-state index contributed by atoms with van der Waals surface area (Å²) in [7, 11) is 0. The topological polar surface area (TPSA) is 58.3 Å². The molecule has 0 heterocycles. The fourth-order valence-corrected chi connectivity index (χ4v) is 2.61. The molecule has 0 aromatic heterocycles. The first kappa shape index (κ1) is 12.2. The third-order valence-electron chi connectivity index (χ3n) is 3.69. The minimum atomic E-state index is 0.267. The lowest BCUT2D eigenvalue weighted by molar-refractivity contribution is 0.178. The van der Waals surface area contributed by atoms with Gasteiger partial charge in [-0.05, 0) is 37.5 Å². The van der Waals surface area contributed by atoms with Gasteiger partial charge in [0.1, 0.15) is 0 Å². The van der Waals surface area contributed by atoms with E-state index in [0.29, 0.717) is 12.0 Å². The number of aliphatic hydroxyl groups excluding tert-OH is 1. The van der Waals surface area contributed by atoms with Crippen molar-refractivity contribution in [2.75, 3.05) is 17.7 Å². The molecule has 1 aliphatic carbocycles. The molecule has 1 aromatic rings. The van der Waals surface area contributed by atoms with Gasteiger partial charge in [-0.2, -0.15) is 0 Å². The standard InChI is InChI=1S/C14H22N2O/c1-10-6-7-12(15)14(8-10)16-13-5-3-2-4-11(13)9-17/h6-8,11,13,16-17H,2-5,9,15H2,1H3. The quantitative estimate of drug-likeness (QED) is 0.704. The Morgan fingerprint density at radius 1 is 1.35 bits per heavy atom. The van der Waals surface area contributed by atoms with Crippen molar-refractivity contribution >= 4 is 11.4 Å². The van der Waals surface area contributed by atoms with Crippen molar-refractivity contribution in [1.29, 1.82) is 0 Å². The number of nitrogens with one attached hydrogen (secondary N) is 1. The van der Waals surface area contributed by atoms with Crippen molar-refractivity contribution in [3.8, 4) is 0 Å². The molecular weight excluding hydrogens is 212 g/mol. The molecule has 0 bridgehead atoms. The zero-order chi connectivity index (χ0) is 12.3. The van der Waals surface area contributed by atoms with Crippen molar-refractivity contribution in [3.05, 3.63) is 23.8 Å². The first-order chi connectivity index (χ1) is 8.20. The van der Waals surface area contributed by atoms with Gasteiger partial charge in [0.15, 0.2) is 0 Å². The molecule has 2 atom stereocenters. The third kappa shape index (κ3) is 2.91. The number of benzene rings is 1. The number of aliphatic hydroxyl groups is 1. The van der Waals surface area contributed by atoms with E-state index < -0.39 is 0 Å². The Morgan fingerprint density at radius 3 is 2.88 bits per heavy atom. The van der Waals surface area contributed by atoms with Crippen molar-refractivity contribution in [2.45, 2.75) is 38.6 Å². The van der Waals surface area contributed by atoms with E-state index in [1.165, 1.54) is 18.4 Å². The van der Waals surface area contributed by atoms with Crippen LogP contribution in [-0.2, 0) is 0 Å². The number of nitrogens with two attached hydrogens (primary N) is 1. The summed E-state index contributed by atoms with van der Waals surface area (Å²) in [6.07, 6.45) is 4.70. The molecule has 0 amide bonds. The number of hydrogen-bond donors (Lipinski definition) is 3. The van der Waals surface area contributed by atoms with Crippen LogP contribution in [0.1, 0.15) is 31.2 Å². The first-order valence-electron chi connectivity index (χ1n) is 6.44. The number of anilines is 2. The molecule has 2 rings (SSSR count). The molecule has 0 radical (unpaired) electrons. The summed E-state index contributed by atoms with van der Waals surface area (Å²) in [4.78, 5) is 0. The molecular formula is C14H22N2O. The first-order valence-corrected chi connectivity index (χ1v) is 6.44. The van der Waals surface area contributed by atoms with E-state index >= 15 is 0 Å². The Morgan fingerprint density at radius 2 is 2.12 bits per heavy atom. The van der Waals surface area contributed by atoms with Gasteiger partial charge in [0.2, 0.25) is 0 Å². The number of aryl methyl sites for hydroxylation is 1. The average molecular weight is 234 g/mol. The summed E-state index contributed by atoms with van der Waals surface area (Å²) >= 11 is 0. The second-order valence-electron chi connectivity index (χ2n) is 5.07. The maximum Gasteiger partial charge on any atom is 0.0578 e. The van der Waals surface area contributed by atoms with E-state index in [-0.39, 0.29) is 6.61 Å². The normalized spacial score (nSPS) is 24.6. The average Bonchev–Trinajstić information content (AvgIpc) is 2.34. The lowest BCUT2D eigenvalue weighted by Gasteiger charge is -2.32. The largest absolute Gasteiger partial charge is 0.397 e. The van der Waals surface area contributed by atoms with Crippen molar-refractivity contribution in [3.63, 3.8) is 0 Å². The molecule has 0 aliphatic heterocycles. The lowest BCUT2D eigenvalue weighted by Crippen LogP contribution is -2.34. The minimum absolute atomic E-state index is 0.267. The van der Waals surface area contributed by atoms with E-state index in [4.69, 9.17) is 5.73 Å². The van der Waals surface area contributed by atoms with Gasteiger partial charge in [-0.15, -0.1) is 0 Å². The van der Waals surface area contributed by atoms with Gasteiger partial charge < -0.3 is 16.2 Å². The Labute approximate surface area is 103 Å². The van der Waals surface area contributed by atoms with Gasteiger partial charge in [-0.1, -0.05) is 18.9 Å². The zero-order valence-electron chi connectivity index (χ0n) is 10.4. The summed E-state index contributed by atoms with van der Waals surface area (Å²) in [6, 6.07) is 6.40. The predicted molar refractivity (Wildman–Crippen MR) is 72.0 cm³/mol. The highest BCUT2D eigenvalue weighted by Gasteiger charge is 2.24. The molecule has 1 fully saturated rings. The van der Waals surface area contributed by atoms with Crippen LogP contribution in [0.15, 0.2) is 18.2 Å². The van der Waals surface area contributed by atoms with Gasteiger partial charge in [0.05, 0.1) is 11.4 Å². The van der Waals surface area contributed by atoms with Crippen LogP contribution in [0.25, 0.3) is 0 Å². The van der Waals surface area contributed by atoms with Gasteiger partial charge in [-0.3, -0.25) is 0 Å². The van der Waals surface area contributed by atoms with Gasteiger partial charge >= 0.3 is 0 Å². The fourth-order valence-electron chi connectivity index (χ4n) is 2.61. The highest BCUT2D eigenvalue weighted by atomic mass is 16.3. The molecule has 17 heavy (non-hydrogen) atoms. The van der Waals surface area contributed by atoms with E-state index in [2.05, 4.69) is 18.3 Å². The van der Waals surface area contributed by atoms with Crippen molar-refractivity contribution < 1.29 is 5.11 Å². The Kier molecular flexibility index (Phi) is 3.89. The molecule has 1 saturated carbocycles. The number of hydrogen-bond acceptors (Lipinski definition) is 3. The Balaban J connectivity index is 2.10. The predicted octanol–water partition coefficient (Wildman–Crippen LogP) is 2.54. The highest BCUT2D eigenvalue weighted by molar-refractivity contribution is 5.67. The maximum absolute atomic E-state index is 9.39. The van der Waals surface area contributed by atoms with Gasteiger partial charge in [0, 0.05) is 18.6 Å². The van der Waals surface area contributed by atoms with E-state index in [1.807, 2.05) is 12.1 Å². The van der Waals surface area contributed by atoms with Crippen LogP contribution in [0, 0.1) is 12.8 Å². The zero-order valence-corrected chi connectivity index (χ0v) is 10.4. The van der Waals surface area contributed by atoms with Crippen LogP contribution in [0.4, 0.5) is 11.4 Å². The SMILES string of the molecule is Cc1ccc(N)c(NC2CCCCC2CO)c1.